The Morgan fingerprint density at radius 2 is 1.53 bits per heavy atom. The maximum atomic E-state index is 13.2. The Kier molecular flexibility index (Phi) is 8.08. The highest BCUT2D eigenvalue weighted by molar-refractivity contribution is 7.92. The van der Waals surface area contributed by atoms with E-state index in [1.54, 1.807) is 41.3 Å². The number of carbonyl (C=O) groups is 1. The van der Waals surface area contributed by atoms with Gasteiger partial charge in [0.05, 0.1) is 4.90 Å². The summed E-state index contributed by atoms with van der Waals surface area (Å²) < 4.78 is 47.1. The van der Waals surface area contributed by atoms with E-state index in [0.29, 0.717) is 18.8 Å². The van der Waals surface area contributed by atoms with Crippen molar-refractivity contribution in [2.45, 2.75) is 50.8 Å². The first-order valence-electron chi connectivity index (χ1n) is 12.6. The van der Waals surface area contributed by atoms with E-state index >= 15 is 0 Å². The first-order chi connectivity index (χ1) is 17.9. The molecule has 0 aliphatic carbocycles. The zero-order valence-corrected chi connectivity index (χ0v) is 23.0. The lowest BCUT2D eigenvalue weighted by Gasteiger charge is -2.40. The fourth-order valence-corrected chi connectivity index (χ4v) is 5.45. The van der Waals surface area contributed by atoms with Crippen LogP contribution >= 0.6 is 0 Å². The van der Waals surface area contributed by atoms with Crippen LogP contribution in [0.1, 0.15) is 33.3 Å². The number of nitrogens with zero attached hydrogens (tertiary/aromatic N) is 2. The van der Waals surface area contributed by atoms with Crippen LogP contribution in [0, 0.1) is 5.82 Å². The second-order valence-electron chi connectivity index (χ2n) is 10.6. The Balaban J connectivity index is 1.33. The van der Waals surface area contributed by atoms with E-state index in [-0.39, 0.29) is 22.8 Å². The van der Waals surface area contributed by atoms with Crippen molar-refractivity contribution in [1.82, 2.24) is 9.80 Å². The standard InChI is InChI=1S/C29H34FN3O4S/c1-21-19-32(17-18-33(21)28(34)37-29(2,3)4)20-22-5-13-26(14-6-22)31-38(35,36)27-15-9-24(10-16-27)23-7-11-25(30)12-8-23/h5-16,21,31H,17-20H2,1-4H3/t21-/m0/s1. The summed E-state index contributed by atoms with van der Waals surface area (Å²) in [5, 5.41) is 0. The number of carbonyl (C=O) groups excluding carboxylic acids is 1. The normalized spacial score (nSPS) is 16.8. The zero-order chi connectivity index (χ0) is 27.5. The summed E-state index contributed by atoms with van der Waals surface area (Å²) in [6, 6.07) is 19.9. The third-order valence-electron chi connectivity index (χ3n) is 6.29. The number of hydrogen-bond acceptors (Lipinski definition) is 5. The van der Waals surface area contributed by atoms with Gasteiger partial charge < -0.3 is 9.64 Å². The van der Waals surface area contributed by atoms with Crippen LogP contribution in [-0.2, 0) is 21.3 Å². The van der Waals surface area contributed by atoms with Gasteiger partial charge >= 0.3 is 6.09 Å². The predicted octanol–water partition coefficient (Wildman–Crippen LogP) is 5.73. The Morgan fingerprint density at radius 1 is 0.947 bits per heavy atom. The summed E-state index contributed by atoms with van der Waals surface area (Å²) in [5.41, 5.74) is 2.60. The summed E-state index contributed by atoms with van der Waals surface area (Å²) in [6.07, 6.45) is -0.286. The van der Waals surface area contributed by atoms with Gasteiger partial charge in [0.2, 0.25) is 0 Å². The van der Waals surface area contributed by atoms with Gasteiger partial charge in [0.1, 0.15) is 11.4 Å². The molecule has 1 aliphatic heterocycles. The molecule has 9 heteroatoms. The van der Waals surface area contributed by atoms with E-state index in [9.17, 15) is 17.6 Å². The number of sulfonamides is 1. The van der Waals surface area contributed by atoms with Gasteiger partial charge in [0.15, 0.2) is 0 Å². The van der Waals surface area contributed by atoms with Crippen molar-refractivity contribution in [3.8, 4) is 11.1 Å². The molecule has 1 amide bonds. The number of hydrogen-bond donors (Lipinski definition) is 1. The van der Waals surface area contributed by atoms with Crippen LogP contribution in [0.15, 0.2) is 77.7 Å². The fraction of sp³-hybridized carbons (Fsp3) is 0.345. The van der Waals surface area contributed by atoms with Gasteiger partial charge in [-0.05, 0) is 80.8 Å². The van der Waals surface area contributed by atoms with Crippen LogP contribution in [0.5, 0.6) is 0 Å². The van der Waals surface area contributed by atoms with Crippen LogP contribution in [0.4, 0.5) is 14.9 Å². The van der Waals surface area contributed by atoms with Crippen molar-refractivity contribution in [3.05, 3.63) is 84.2 Å². The minimum absolute atomic E-state index is 0.0270. The van der Waals surface area contributed by atoms with E-state index in [2.05, 4.69) is 9.62 Å². The molecule has 3 aromatic carbocycles. The maximum Gasteiger partial charge on any atom is 0.410 e. The number of anilines is 1. The highest BCUT2D eigenvalue weighted by atomic mass is 32.2. The minimum Gasteiger partial charge on any atom is -0.444 e. The number of halogens is 1. The van der Waals surface area contributed by atoms with Crippen LogP contribution in [0.25, 0.3) is 11.1 Å². The van der Waals surface area contributed by atoms with Crippen molar-refractivity contribution in [3.63, 3.8) is 0 Å². The molecule has 1 heterocycles. The van der Waals surface area contributed by atoms with Gasteiger partial charge in [-0.15, -0.1) is 0 Å². The lowest BCUT2D eigenvalue weighted by Crippen LogP contribution is -2.54. The number of piperazine rings is 1. The van der Waals surface area contributed by atoms with Gasteiger partial charge in [-0.1, -0.05) is 36.4 Å². The molecule has 3 aromatic rings. The van der Waals surface area contributed by atoms with Crippen molar-refractivity contribution in [1.29, 1.82) is 0 Å². The molecule has 0 spiro atoms. The second-order valence-corrected chi connectivity index (χ2v) is 12.3. The number of benzene rings is 3. The lowest BCUT2D eigenvalue weighted by molar-refractivity contribution is 0.000557. The smallest absolute Gasteiger partial charge is 0.410 e. The quantitative estimate of drug-likeness (QED) is 0.433. The Bertz CT molecular complexity index is 1350. The highest BCUT2D eigenvalue weighted by Crippen LogP contribution is 2.24. The molecular weight excluding hydrogens is 505 g/mol. The summed E-state index contributed by atoms with van der Waals surface area (Å²) in [7, 11) is -3.76. The average molecular weight is 540 g/mol. The predicted molar refractivity (Wildman–Crippen MR) is 147 cm³/mol. The maximum absolute atomic E-state index is 13.2. The van der Waals surface area contributed by atoms with Crippen LogP contribution in [0.3, 0.4) is 0 Å². The molecule has 1 N–H and O–H groups in total. The molecule has 0 saturated carbocycles. The van der Waals surface area contributed by atoms with Crippen LogP contribution < -0.4 is 4.72 Å². The Morgan fingerprint density at radius 3 is 2.08 bits per heavy atom. The second kappa shape index (κ2) is 11.1. The molecule has 38 heavy (non-hydrogen) atoms. The van der Waals surface area contributed by atoms with Crippen LogP contribution in [0.2, 0.25) is 0 Å². The number of ether oxygens (including phenoxy) is 1. The first kappa shape index (κ1) is 27.6. The number of nitrogens with one attached hydrogen (secondary N) is 1. The van der Waals surface area contributed by atoms with Gasteiger partial charge in [-0.3, -0.25) is 9.62 Å². The SMILES string of the molecule is C[C@H]1CN(Cc2ccc(NS(=O)(=O)c3ccc(-c4ccc(F)cc4)cc3)cc2)CCN1C(=O)OC(C)(C)C. The van der Waals surface area contributed by atoms with E-state index < -0.39 is 15.6 Å². The van der Waals surface area contributed by atoms with Gasteiger partial charge in [0, 0.05) is 37.9 Å². The lowest BCUT2D eigenvalue weighted by atomic mass is 10.1. The summed E-state index contributed by atoms with van der Waals surface area (Å²) in [5.74, 6) is -0.321. The molecule has 1 aliphatic rings. The summed E-state index contributed by atoms with van der Waals surface area (Å²) in [4.78, 5) is 16.6. The third kappa shape index (κ3) is 7.11. The van der Waals surface area contributed by atoms with Crippen LogP contribution in [-0.4, -0.2) is 55.6 Å². The zero-order valence-electron chi connectivity index (χ0n) is 22.1. The first-order valence-corrected chi connectivity index (χ1v) is 14.1. The molecule has 1 fully saturated rings. The largest absolute Gasteiger partial charge is 0.444 e. The Hall–Kier alpha value is -3.43. The van der Waals surface area contributed by atoms with Crippen molar-refractivity contribution in [2.75, 3.05) is 24.4 Å². The van der Waals surface area contributed by atoms with Gasteiger partial charge in [-0.25, -0.2) is 17.6 Å². The highest BCUT2D eigenvalue weighted by Gasteiger charge is 2.30. The van der Waals surface area contributed by atoms with E-state index in [1.807, 2.05) is 39.8 Å². The van der Waals surface area contributed by atoms with E-state index in [0.717, 1.165) is 29.8 Å². The molecule has 0 radical (unpaired) electrons. The molecule has 1 saturated heterocycles. The molecule has 7 nitrogen and oxygen atoms in total. The van der Waals surface area contributed by atoms with Crippen molar-refractivity contribution >= 4 is 21.8 Å². The van der Waals surface area contributed by atoms with E-state index in [4.69, 9.17) is 4.74 Å². The fourth-order valence-electron chi connectivity index (χ4n) is 4.39. The van der Waals surface area contributed by atoms with Crippen molar-refractivity contribution < 1.29 is 22.3 Å². The van der Waals surface area contributed by atoms with Gasteiger partial charge in [0.25, 0.3) is 10.0 Å². The molecule has 4 rings (SSSR count). The summed E-state index contributed by atoms with van der Waals surface area (Å²) >= 11 is 0. The molecule has 0 unspecified atom stereocenters. The Labute approximate surface area is 224 Å². The monoisotopic (exact) mass is 539 g/mol. The summed E-state index contributed by atoms with van der Waals surface area (Å²) in [6.45, 7) is 10.3. The average Bonchev–Trinajstić information content (AvgIpc) is 2.85. The topological polar surface area (TPSA) is 79.0 Å². The van der Waals surface area contributed by atoms with Gasteiger partial charge in [-0.2, -0.15) is 0 Å². The molecule has 202 valence electrons. The molecule has 0 bridgehead atoms. The van der Waals surface area contributed by atoms with E-state index in [1.165, 1.54) is 24.3 Å². The number of amides is 1. The molecule has 1 atom stereocenters. The molecular formula is C29H34FN3O4S. The number of rotatable bonds is 6. The minimum atomic E-state index is -3.76. The van der Waals surface area contributed by atoms with Crippen molar-refractivity contribution in [2.24, 2.45) is 0 Å². The third-order valence-corrected chi connectivity index (χ3v) is 7.69. The molecule has 0 aromatic heterocycles.